The Balaban J connectivity index is 2.07. The highest BCUT2D eigenvalue weighted by molar-refractivity contribution is 5.93. The molecule has 0 aliphatic heterocycles. The zero-order chi connectivity index (χ0) is 18.8. The first-order valence-electron chi connectivity index (χ1n) is 8.61. The van der Waals surface area contributed by atoms with Crippen LogP contribution in [0.5, 0.6) is 17.2 Å². The summed E-state index contributed by atoms with van der Waals surface area (Å²) >= 11 is 0. The highest BCUT2D eigenvalue weighted by Crippen LogP contribution is 2.29. The van der Waals surface area contributed by atoms with Crippen molar-refractivity contribution < 1.29 is 14.2 Å². The van der Waals surface area contributed by atoms with E-state index in [1.54, 1.807) is 21.3 Å². The van der Waals surface area contributed by atoms with Gasteiger partial charge < -0.3 is 24.8 Å². The molecular weight excluding hydrogens is 330 g/mol. The SMILES string of the molecule is CCNC(=NCCc1ccccc1OC)Nc1ccc(OC)c(OC)c1. The summed E-state index contributed by atoms with van der Waals surface area (Å²) in [7, 11) is 4.92. The molecule has 2 rings (SSSR count). The van der Waals surface area contributed by atoms with Gasteiger partial charge in [0.1, 0.15) is 5.75 Å². The van der Waals surface area contributed by atoms with E-state index in [2.05, 4.69) is 21.7 Å². The summed E-state index contributed by atoms with van der Waals surface area (Å²) in [5.74, 6) is 2.97. The predicted molar refractivity (Wildman–Crippen MR) is 106 cm³/mol. The standard InChI is InChI=1S/C20H27N3O3/c1-5-21-20(22-13-12-15-8-6-7-9-17(15)24-2)23-16-10-11-18(25-3)19(14-16)26-4/h6-11,14H,5,12-13H2,1-4H3,(H2,21,22,23). The Hall–Kier alpha value is -2.89. The van der Waals surface area contributed by atoms with Crippen molar-refractivity contribution >= 4 is 11.6 Å². The predicted octanol–water partition coefficient (Wildman–Crippen LogP) is 3.33. The summed E-state index contributed by atoms with van der Waals surface area (Å²) in [5.41, 5.74) is 2.01. The molecule has 0 saturated carbocycles. The van der Waals surface area contributed by atoms with Crippen molar-refractivity contribution in [2.75, 3.05) is 39.7 Å². The molecule has 26 heavy (non-hydrogen) atoms. The summed E-state index contributed by atoms with van der Waals surface area (Å²) in [5, 5.41) is 6.54. The molecular formula is C20H27N3O3. The van der Waals surface area contributed by atoms with Crippen molar-refractivity contribution in [2.24, 2.45) is 4.99 Å². The molecule has 6 nitrogen and oxygen atoms in total. The lowest BCUT2D eigenvalue weighted by Crippen LogP contribution is -2.30. The highest BCUT2D eigenvalue weighted by atomic mass is 16.5. The van der Waals surface area contributed by atoms with Gasteiger partial charge in [-0.1, -0.05) is 18.2 Å². The van der Waals surface area contributed by atoms with Gasteiger partial charge in [0.25, 0.3) is 0 Å². The second-order valence-electron chi connectivity index (χ2n) is 5.52. The minimum Gasteiger partial charge on any atom is -0.496 e. The molecule has 0 amide bonds. The quantitative estimate of drug-likeness (QED) is 0.560. The number of nitrogens with one attached hydrogen (secondary N) is 2. The van der Waals surface area contributed by atoms with Crippen molar-refractivity contribution in [1.82, 2.24) is 5.32 Å². The van der Waals surface area contributed by atoms with E-state index in [1.165, 1.54) is 0 Å². The van der Waals surface area contributed by atoms with Gasteiger partial charge in [0.2, 0.25) is 0 Å². The molecule has 0 aliphatic rings. The van der Waals surface area contributed by atoms with Crippen LogP contribution in [-0.2, 0) is 6.42 Å². The normalized spacial score (nSPS) is 11.0. The van der Waals surface area contributed by atoms with Gasteiger partial charge in [-0.2, -0.15) is 0 Å². The van der Waals surface area contributed by atoms with Gasteiger partial charge in [-0.15, -0.1) is 0 Å². The number of anilines is 1. The lowest BCUT2D eigenvalue weighted by Gasteiger charge is -2.14. The van der Waals surface area contributed by atoms with Crippen LogP contribution in [0.15, 0.2) is 47.5 Å². The molecule has 0 fully saturated rings. The minimum absolute atomic E-state index is 0.642. The number of aliphatic imine (C=N–C) groups is 1. The fraction of sp³-hybridized carbons (Fsp3) is 0.350. The van der Waals surface area contributed by atoms with Crippen LogP contribution in [0, 0.1) is 0 Å². The molecule has 0 spiro atoms. The van der Waals surface area contributed by atoms with Crippen LogP contribution in [0.25, 0.3) is 0 Å². The average molecular weight is 357 g/mol. The number of nitrogens with zero attached hydrogens (tertiary/aromatic N) is 1. The molecule has 0 atom stereocenters. The van der Waals surface area contributed by atoms with Crippen molar-refractivity contribution in [3.8, 4) is 17.2 Å². The number of hydrogen-bond donors (Lipinski definition) is 2. The second kappa shape index (κ2) is 10.2. The molecule has 2 aromatic carbocycles. The number of benzene rings is 2. The number of rotatable bonds is 8. The van der Waals surface area contributed by atoms with Gasteiger partial charge in [0.05, 0.1) is 21.3 Å². The summed E-state index contributed by atoms with van der Waals surface area (Å²) in [6, 6.07) is 13.7. The lowest BCUT2D eigenvalue weighted by molar-refractivity contribution is 0.355. The highest BCUT2D eigenvalue weighted by Gasteiger charge is 2.06. The van der Waals surface area contributed by atoms with Crippen LogP contribution < -0.4 is 24.8 Å². The molecule has 0 aromatic heterocycles. The first-order chi connectivity index (χ1) is 12.7. The smallest absolute Gasteiger partial charge is 0.195 e. The van der Waals surface area contributed by atoms with Crippen molar-refractivity contribution in [3.05, 3.63) is 48.0 Å². The number of para-hydroxylation sites is 1. The molecule has 6 heteroatoms. The number of hydrogen-bond acceptors (Lipinski definition) is 4. The maximum absolute atomic E-state index is 5.39. The van der Waals surface area contributed by atoms with E-state index in [0.717, 1.165) is 35.9 Å². The van der Waals surface area contributed by atoms with Gasteiger partial charge in [-0.3, -0.25) is 4.99 Å². The number of guanidine groups is 1. The molecule has 0 radical (unpaired) electrons. The molecule has 2 aromatic rings. The summed E-state index contributed by atoms with van der Waals surface area (Å²) < 4.78 is 16.0. The summed E-state index contributed by atoms with van der Waals surface area (Å²) in [4.78, 5) is 4.64. The number of ether oxygens (including phenoxy) is 3. The zero-order valence-electron chi connectivity index (χ0n) is 15.8. The second-order valence-corrected chi connectivity index (χ2v) is 5.52. The molecule has 0 saturated heterocycles. The Kier molecular flexibility index (Phi) is 7.61. The van der Waals surface area contributed by atoms with Crippen LogP contribution in [0.1, 0.15) is 12.5 Å². The van der Waals surface area contributed by atoms with Crippen LogP contribution in [0.2, 0.25) is 0 Å². The van der Waals surface area contributed by atoms with E-state index >= 15 is 0 Å². The van der Waals surface area contributed by atoms with E-state index in [-0.39, 0.29) is 0 Å². The fourth-order valence-electron chi connectivity index (χ4n) is 2.56. The Labute approximate surface area is 155 Å². The lowest BCUT2D eigenvalue weighted by atomic mass is 10.1. The molecule has 0 bridgehead atoms. The maximum Gasteiger partial charge on any atom is 0.195 e. The minimum atomic E-state index is 0.642. The van der Waals surface area contributed by atoms with Gasteiger partial charge in [0, 0.05) is 24.8 Å². The van der Waals surface area contributed by atoms with E-state index in [4.69, 9.17) is 14.2 Å². The Morgan fingerprint density at radius 1 is 0.923 bits per heavy atom. The molecule has 0 unspecified atom stereocenters. The van der Waals surface area contributed by atoms with Crippen LogP contribution in [0.4, 0.5) is 5.69 Å². The number of methoxy groups -OCH3 is 3. The van der Waals surface area contributed by atoms with Gasteiger partial charge in [-0.05, 0) is 37.1 Å². The van der Waals surface area contributed by atoms with E-state index in [0.29, 0.717) is 18.0 Å². The molecule has 140 valence electrons. The van der Waals surface area contributed by atoms with Crippen LogP contribution in [0.3, 0.4) is 0 Å². The molecule has 0 heterocycles. The third-order valence-electron chi connectivity index (χ3n) is 3.83. The monoisotopic (exact) mass is 357 g/mol. The van der Waals surface area contributed by atoms with Crippen LogP contribution >= 0.6 is 0 Å². The molecule has 2 N–H and O–H groups in total. The van der Waals surface area contributed by atoms with E-state index in [9.17, 15) is 0 Å². The van der Waals surface area contributed by atoms with E-state index in [1.807, 2.05) is 43.3 Å². The maximum atomic E-state index is 5.39. The Morgan fingerprint density at radius 2 is 1.65 bits per heavy atom. The largest absolute Gasteiger partial charge is 0.496 e. The van der Waals surface area contributed by atoms with Gasteiger partial charge in [-0.25, -0.2) is 0 Å². The first kappa shape index (κ1) is 19.4. The average Bonchev–Trinajstić information content (AvgIpc) is 2.68. The van der Waals surface area contributed by atoms with Crippen molar-refractivity contribution in [3.63, 3.8) is 0 Å². The fourth-order valence-corrected chi connectivity index (χ4v) is 2.56. The van der Waals surface area contributed by atoms with E-state index < -0.39 is 0 Å². The first-order valence-corrected chi connectivity index (χ1v) is 8.61. The zero-order valence-corrected chi connectivity index (χ0v) is 15.8. The van der Waals surface area contributed by atoms with Crippen molar-refractivity contribution in [2.45, 2.75) is 13.3 Å². The summed E-state index contributed by atoms with van der Waals surface area (Å²) in [6.07, 6.45) is 0.798. The topological polar surface area (TPSA) is 64.1 Å². The summed E-state index contributed by atoms with van der Waals surface area (Å²) in [6.45, 7) is 3.45. The Morgan fingerprint density at radius 3 is 2.35 bits per heavy atom. The van der Waals surface area contributed by atoms with Gasteiger partial charge >= 0.3 is 0 Å². The van der Waals surface area contributed by atoms with Gasteiger partial charge in [0.15, 0.2) is 17.5 Å². The third-order valence-corrected chi connectivity index (χ3v) is 3.83. The Bertz CT molecular complexity index is 732. The van der Waals surface area contributed by atoms with Crippen LogP contribution in [-0.4, -0.2) is 40.4 Å². The van der Waals surface area contributed by atoms with Crippen molar-refractivity contribution in [1.29, 1.82) is 0 Å². The third kappa shape index (κ3) is 5.31. The molecule has 0 aliphatic carbocycles.